The summed E-state index contributed by atoms with van der Waals surface area (Å²) in [5.74, 6) is 0. The van der Waals surface area contributed by atoms with Crippen LogP contribution in [0.5, 0.6) is 0 Å². The van der Waals surface area contributed by atoms with Crippen molar-refractivity contribution < 1.29 is 5.11 Å². The molecule has 0 saturated heterocycles. The maximum Gasteiger partial charge on any atom is 0.0541 e. The van der Waals surface area contributed by atoms with Crippen molar-refractivity contribution in [1.82, 2.24) is 0 Å². The number of anilines is 1. The molecule has 0 aromatic heterocycles. The minimum Gasteiger partial charge on any atom is -0.393 e. The van der Waals surface area contributed by atoms with Crippen LogP contribution < -0.4 is 5.32 Å². The summed E-state index contributed by atoms with van der Waals surface area (Å²) < 4.78 is 0. The van der Waals surface area contributed by atoms with E-state index in [0.717, 1.165) is 25.7 Å². The number of thioether (sulfide) groups is 1. The number of benzene rings is 1. The van der Waals surface area contributed by atoms with E-state index in [-0.39, 0.29) is 6.10 Å². The molecule has 1 aliphatic carbocycles. The van der Waals surface area contributed by atoms with Crippen LogP contribution in [0.15, 0.2) is 29.2 Å². The highest BCUT2D eigenvalue weighted by Gasteiger charge is 2.18. The van der Waals surface area contributed by atoms with Crippen LogP contribution in [-0.4, -0.2) is 22.5 Å². The van der Waals surface area contributed by atoms with Crippen molar-refractivity contribution in [1.29, 1.82) is 0 Å². The predicted molar refractivity (Wildman–Crippen MR) is 79.3 cm³/mol. The van der Waals surface area contributed by atoms with Crippen molar-refractivity contribution in [3.8, 4) is 0 Å². The molecular formula is C15H23NOS. The first-order valence-electron chi connectivity index (χ1n) is 6.85. The minimum atomic E-state index is -0.0760. The Labute approximate surface area is 114 Å². The van der Waals surface area contributed by atoms with Gasteiger partial charge >= 0.3 is 0 Å². The van der Waals surface area contributed by atoms with E-state index in [4.69, 9.17) is 0 Å². The summed E-state index contributed by atoms with van der Waals surface area (Å²) in [6.45, 7) is 4.42. The largest absolute Gasteiger partial charge is 0.393 e. The van der Waals surface area contributed by atoms with Gasteiger partial charge in [0, 0.05) is 21.9 Å². The number of nitrogens with one attached hydrogen (secondary N) is 1. The van der Waals surface area contributed by atoms with Gasteiger partial charge in [0.1, 0.15) is 0 Å². The van der Waals surface area contributed by atoms with E-state index in [0.29, 0.717) is 11.3 Å². The molecular weight excluding hydrogens is 242 g/mol. The second-order valence-electron chi connectivity index (χ2n) is 5.34. The number of aliphatic hydroxyl groups is 1. The van der Waals surface area contributed by atoms with Gasteiger partial charge in [-0.05, 0) is 49.9 Å². The summed E-state index contributed by atoms with van der Waals surface area (Å²) in [6.07, 6.45) is 3.93. The monoisotopic (exact) mass is 265 g/mol. The second kappa shape index (κ2) is 6.48. The maximum absolute atomic E-state index is 9.48. The zero-order valence-electron chi connectivity index (χ0n) is 11.2. The van der Waals surface area contributed by atoms with E-state index >= 15 is 0 Å². The highest BCUT2D eigenvalue weighted by atomic mass is 32.2. The van der Waals surface area contributed by atoms with Crippen LogP contribution in [0.1, 0.15) is 39.5 Å². The van der Waals surface area contributed by atoms with Gasteiger partial charge in [-0.15, -0.1) is 11.8 Å². The summed E-state index contributed by atoms with van der Waals surface area (Å²) in [7, 11) is 0. The van der Waals surface area contributed by atoms with Gasteiger partial charge in [-0.3, -0.25) is 0 Å². The molecule has 0 spiro atoms. The van der Waals surface area contributed by atoms with Crippen LogP contribution in [0.2, 0.25) is 0 Å². The van der Waals surface area contributed by atoms with Gasteiger partial charge in [-0.1, -0.05) is 13.8 Å². The molecule has 1 fully saturated rings. The van der Waals surface area contributed by atoms with Gasteiger partial charge in [0.05, 0.1) is 6.10 Å². The van der Waals surface area contributed by atoms with E-state index in [1.165, 1.54) is 10.6 Å². The third kappa shape index (κ3) is 4.21. The molecule has 0 atom stereocenters. The lowest BCUT2D eigenvalue weighted by molar-refractivity contribution is 0.126. The smallest absolute Gasteiger partial charge is 0.0541 e. The first kappa shape index (κ1) is 13.8. The quantitative estimate of drug-likeness (QED) is 0.810. The lowest BCUT2D eigenvalue weighted by Crippen LogP contribution is -2.28. The van der Waals surface area contributed by atoms with Crippen LogP contribution in [0.4, 0.5) is 5.69 Å². The second-order valence-corrected chi connectivity index (χ2v) is 6.99. The van der Waals surface area contributed by atoms with E-state index in [9.17, 15) is 5.11 Å². The minimum absolute atomic E-state index is 0.0760. The molecule has 0 radical (unpaired) electrons. The standard InChI is InChI=1S/C15H23NOS/c1-11(2)18-15-9-5-13(6-10-15)16-12-3-7-14(17)8-4-12/h5-6,9-12,14,16-17H,3-4,7-8H2,1-2H3. The molecule has 2 nitrogen and oxygen atoms in total. The van der Waals surface area contributed by atoms with Gasteiger partial charge in [-0.2, -0.15) is 0 Å². The molecule has 18 heavy (non-hydrogen) atoms. The average molecular weight is 265 g/mol. The van der Waals surface area contributed by atoms with Gasteiger partial charge in [0.25, 0.3) is 0 Å². The van der Waals surface area contributed by atoms with E-state index in [1.807, 2.05) is 11.8 Å². The fraction of sp³-hybridized carbons (Fsp3) is 0.600. The van der Waals surface area contributed by atoms with E-state index in [2.05, 4.69) is 43.4 Å². The molecule has 2 rings (SSSR count). The lowest BCUT2D eigenvalue weighted by atomic mass is 9.93. The summed E-state index contributed by atoms with van der Waals surface area (Å²) >= 11 is 1.89. The topological polar surface area (TPSA) is 32.3 Å². The van der Waals surface area contributed by atoms with Gasteiger partial charge in [0.2, 0.25) is 0 Å². The molecule has 0 unspecified atom stereocenters. The Morgan fingerprint density at radius 2 is 1.72 bits per heavy atom. The van der Waals surface area contributed by atoms with Gasteiger partial charge < -0.3 is 10.4 Å². The summed E-state index contributed by atoms with van der Waals surface area (Å²) in [4.78, 5) is 1.33. The fourth-order valence-electron chi connectivity index (χ4n) is 2.36. The Balaban J connectivity index is 1.86. The molecule has 0 bridgehead atoms. The van der Waals surface area contributed by atoms with Crippen molar-refractivity contribution in [3.05, 3.63) is 24.3 Å². The summed E-state index contributed by atoms with van der Waals surface area (Å²) in [6, 6.07) is 9.22. The normalized spacial score (nSPS) is 24.2. The van der Waals surface area contributed by atoms with Crippen LogP contribution in [0.25, 0.3) is 0 Å². The Hall–Kier alpha value is -0.670. The zero-order valence-corrected chi connectivity index (χ0v) is 12.0. The molecule has 2 N–H and O–H groups in total. The van der Waals surface area contributed by atoms with Crippen molar-refractivity contribution in [2.45, 2.75) is 61.8 Å². The Morgan fingerprint density at radius 3 is 2.28 bits per heavy atom. The lowest BCUT2D eigenvalue weighted by Gasteiger charge is -2.27. The van der Waals surface area contributed by atoms with Crippen molar-refractivity contribution in [3.63, 3.8) is 0 Å². The molecule has 1 saturated carbocycles. The van der Waals surface area contributed by atoms with Crippen LogP contribution in [0, 0.1) is 0 Å². The molecule has 0 aliphatic heterocycles. The molecule has 100 valence electrons. The molecule has 1 aromatic rings. The first-order valence-corrected chi connectivity index (χ1v) is 7.73. The maximum atomic E-state index is 9.48. The van der Waals surface area contributed by atoms with Crippen LogP contribution >= 0.6 is 11.8 Å². The van der Waals surface area contributed by atoms with E-state index in [1.54, 1.807) is 0 Å². The van der Waals surface area contributed by atoms with Gasteiger partial charge in [0.15, 0.2) is 0 Å². The predicted octanol–water partition coefficient (Wildman–Crippen LogP) is 3.90. The number of hydrogen-bond donors (Lipinski definition) is 2. The molecule has 1 aliphatic rings. The fourth-order valence-corrected chi connectivity index (χ4v) is 3.20. The zero-order chi connectivity index (χ0) is 13.0. The molecule has 0 heterocycles. The first-order chi connectivity index (χ1) is 8.63. The SMILES string of the molecule is CC(C)Sc1ccc(NC2CCC(O)CC2)cc1. The number of rotatable bonds is 4. The Morgan fingerprint density at radius 1 is 1.11 bits per heavy atom. The van der Waals surface area contributed by atoms with Crippen molar-refractivity contribution in [2.24, 2.45) is 0 Å². The Kier molecular flexibility index (Phi) is 4.95. The summed E-state index contributed by atoms with van der Waals surface area (Å²) in [5, 5.41) is 13.7. The Bertz CT molecular complexity index is 355. The third-order valence-corrected chi connectivity index (χ3v) is 4.31. The van der Waals surface area contributed by atoms with Crippen LogP contribution in [-0.2, 0) is 0 Å². The van der Waals surface area contributed by atoms with Crippen LogP contribution in [0.3, 0.4) is 0 Å². The van der Waals surface area contributed by atoms with Gasteiger partial charge in [-0.25, -0.2) is 0 Å². The highest BCUT2D eigenvalue weighted by molar-refractivity contribution is 7.99. The number of aliphatic hydroxyl groups excluding tert-OH is 1. The third-order valence-electron chi connectivity index (χ3n) is 3.29. The van der Waals surface area contributed by atoms with E-state index < -0.39 is 0 Å². The average Bonchev–Trinajstić information content (AvgIpc) is 2.34. The summed E-state index contributed by atoms with van der Waals surface area (Å²) in [5.41, 5.74) is 1.20. The molecule has 3 heteroatoms. The molecule has 0 amide bonds. The van der Waals surface area contributed by atoms with Crippen molar-refractivity contribution >= 4 is 17.4 Å². The highest BCUT2D eigenvalue weighted by Crippen LogP contribution is 2.26. The number of hydrogen-bond acceptors (Lipinski definition) is 3. The van der Waals surface area contributed by atoms with Crippen molar-refractivity contribution in [2.75, 3.05) is 5.32 Å². The molecule has 1 aromatic carbocycles.